The molecule has 0 aromatic carbocycles. The van der Waals surface area contributed by atoms with E-state index >= 15 is 0 Å². The minimum atomic E-state index is 0.305. The van der Waals surface area contributed by atoms with Crippen LogP contribution in [-0.2, 0) is 4.74 Å². The molecule has 0 bridgehead atoms. The fourth-order valence-electron chi connectivity index (χ4n) is 3.54. The van der Waals surface area contributed by atoms with Crippen LogP contribution < -0.4 is 0 Å². The maximum absolute atomic E-state index is 8.94. The number of ether oxygens (including phenoxy) is 1. The zero-order valence-corrected chi connectivity index (χ0v) is 13.8. The lowest BCUT2D eigenvalue weighted by Gasteiger charge is -2.41. The maximum atomic E-state index is 8.94. The van der Waals surface area contributed by atoms with Crippen LogP contribution in [0.1, 0.15) is 26.2 Å². The molecule has 2 aliphatic rings. The van der Waals surface area contributed by atoms with Crippen molar-refractivity contribution < 1.29 is 9.84 Å². The molecule has 2 rings (SSSR count). The Bertz CT molecular complexity index is 277. The summed E-state index contributed by atoms with van der Waals surface area (Å²) in [6.07, 6.45) is 3.41. The van der Waals surface area contributed by atoms with Crippen LogP contribution in [0.3, 0.4) is 0 Å². The third-order valence-corrected chi connectivity index (χ3v) is 5.04. The second-order valence-electron chi connectivity index (χ2n) is 6.59. The van der Waals surface area contributed by atoms with Gasteiger partial charge in [-0.1, -0.05) is 0 Å². The lowest BCUT2D eigenvalue weighted by Crippen LogP contribution is -2.51. The molecule has 2 fully saturated rings. The van der Waals surface area contributed by atoms with Crippen LogP contribution in [0, 0.1) is 0 Å². The smallest absolute Gasteiger partial charge is 0.0594 e. The van der Waals surface area contributed by atoms with Crippen LogP contribution in [0.2, 0.25) is 0 Å². The summed E-state index contributed by atoms with van der Waals surface area (Å²) < 4.78 is 5.42. The van der Waals surface area contributed by atoms with Gasteiger partial charge in [0.25, 0.3) is 0 Å². The molecule has 1 unspecified atom stereocenters. The Labute approximate surface area is 129 Å². The van der Waals surface area contributed by atoms with Gasteiger partial charge in [0, 0.05) is 44.9 Å². The van der Waals surface area contributed by atoms with Gasteiger partial charge in [0.1, 0.15) is 0 Å². The Kier molecular flexibility index (Phi) is 7.40. The second kappa shape index (κ2) is 9.06. The van der Waals surface area contributed by atoms with Crippen LogP contribution in [0.15, 0.2) is 0 Å². The van der Waals surface area contributed by atoms with Crippen molar-refractivity contribution in [2.75, 3.05) is 66.1 Å². The third-order valence-electron chi connectivity index (χ3n) is 5.04. The van der Waals surface area contributed by atoms with E-state index in [1.54, 1.807) is 0 Å². The molecule has 5 heteroatoms. The van der Waals surface area contributed by atoms with Crippen LogP contribution in [0.5, 0.6) is 0 Å². The van der Waals surface area contributed by atoms with Crippen LogP contribution in [0.25, 0.3) is 0 Å². The average Bonchev–Trinajstić information content (AvgIpc) is 2.53. The van der Waals surface area contributed by atoms with E-state index in [4.69, 9.17) is 9.84 Å². The second-order valence-corrected chi connectivity index (χ2v) is 6.59. The quantitative estimate of drug-likeness (QED) is 0.741. The van der Waals surface area contributed by atoms with E-state index < -0.39 is 0 Å². The van der Waals surface area contributed by atoms with Crippen molar-refractivity contribution in [3.63, 3.8) is 0 Å². The molecule has 2 saturated heterocycles. The highest BCUT2D eigenvalue weighted by Gasteiger charge is 2.26. The number of aliphatic hydroxyl groups excluding tert-OH is 1. The third kappa shape index (κ3) is 5.49. The predicted molar refractivity (Wildman–Crippen MR) is 85.6 cm³/mol. The van der Waals surface area contributed by atoms with Gasteiger partial charge < -0.3 is 14.7 Å². The molecular formula is C16H33N3O2. The summed E-state index contributed by atoms with van der Waals surface area (Å²) in [6.45, 7) is 11.2. The Hall–Kier alpha value is -0.200. The maximum Gasteiger partial charge on any atom is 0.0594 e. The fraction of sp³-hybridized carbons (Fsp3) is 1.00. The number of aliphatic hydroxyl groups is 1. The van der Waals surface area contributed by atoms with Crippen LogP contribution in [-0.4, -0.2) is 98.0 Å². The first kappa shape index (κ1) is 17.2. The summed E-state index contributed by atoms with van der Waals surface area (Å²) in [5.74, 6) is 0. The van der Waals surface area contributed by atoms with Crippen LogP contribution >= 0.6 is 0 Å². The summed E-state index contributed by atoms with van der Waals surface area (Å²) in [6, 6.07) is 1.34. The first-order chi connectivity index (χ1) is 10.2. The van der Waals surface area contributed by atoms with Crippen LogP contribution in [0.4, 0.5) is 0 Å². The van der Waals surface area contributed by atoms with Crippen molar-refractivity contribution in [2.24, 2.45) is 0 Å². The van der Waals surface area contributed by atoms with E-state index in [2.05, 4.69) is 28.7 Å². The summed E-state index contributed by atoms with van der Waals surface area (Å²) in [5, 5.41) is 8.94. The number of piperidine rings is 1. The largest absolute Gasteiger partial charge is 0.396 e. The number of nitrogens with zero attached hydrogens (tertiary/aromatic N) is 3. The molecule has 0 aromatic rings. The molecule has 0 aliphatic carbocycles. The zero-order chi connectivity index (χ0) is 15.1. The van der Waals surface area contributed by atoms with Crippen molar-refractivity contribution in [3.05, 3.63) is 0 Å². The summed E-state index contributed by atoms with van der Waals surface area (Å²) in [5.41, 5.74) is 0. The molecule has 0 spiro atoms. The number of rotatable bonds is 7. The monoisotopic (exact) mass is 299 g/mol. The van der Waals surface area contributed by atoms with Gasteiger partial charge in [-0.25, -0.2) is 0 Å². The molecule has 5 nitrogen and oxygen atoms in total. The van der Waals surface area contributed by atoms with E-state index in [-0.39, 0.29) is 0 Å². The predicted octanol–water partition coefficient (Wildman–Crippen LogP) is 0.486. The molecule has 0 radical (unpaired) electrons. The van der Waals surface area contributed by atoms with Gasteiger partial charge >= 0.3 is 0 Å². The molecule has 124 valence electrons. The molecule has 0 aromatic heterocycles. The van der Waals surface area contributed by atoms with E-state index in [1.165, 1.54) is 32.5 Å². The van der Waals surface area contributed by atoms with E-state index in [1.807, 2.05) is 0 Å². The first-order valence-corrected chi connectivity index (χ1v) is 8.56. The highest BCUT2D eigenvalue weighted by molar-refractivity contribution is 4.82. The Morgan fingerprint density at radius 1 is 1.19 bits per heavy atom. The highest BCUT2D eigenvalue weighted by atomic mass is 16.5. The van der Waals surface area contributed by atoms with Crippen molar-refractivity contribution >= 4 is 0 Å². The molecule has 2 heterocycles. The number of hydrogen-bond acceptors (Lipinski definition) is 5. The number of likely N-dealkylation sites (tertiary alicyclic amines) is 1. The normalized spacial score (nSPS) is 24.6. The Morgan fingerprint density at radius 2 is 1.86 bits per heavy atom. The standard InChI is InChI=1S/C16H33N3O2/c1-15(14-18-9-12-21-13-10-18)19-7-4-16(5-8-19)17(2)6-3-11-20/h15-16,20H,3-14H2,1-2H3. The molecular weight excluding hydrogens is 266 g/mol. The van der Waals surface area contributed by atoms with Gasteiger partial charge in [0.15, 0.2) is 0 Å². The topological polar surface area (TPSA) is 39.2 Å². The van der Waals surface area contributed by atoms with Crippen molar-refractivity contribution in [1.29, 1.82) is 0 Å². The van der Waals surface area contributed by atoms with Crippen molar-refractivity contribution in [3.8, 4) is 0 Å². The molecule has 1 N–H and O–H groups in total. The molecule has 1 atom stereocenters. The first-order valence-electron chi connectivity index (χ1n) is 8.56. The van der Waals surface area contributed by atoms with Crippen molar-refractivity contribution in [1.82, 2.24) is 14.7 Å². The van der Waals surface area contributed by atoms with Crippen molar-refractivity contribution in [2.45, 2.75) is 38.3 Å². The molecule has 0 saturated carbocycles. The minimum absolute atomic E-state index is 0.305. The Morgan fingerprint density at radius 3 is 2.48 bits per heavy atom. The average molecular weight is 299 g/mol. The summed E-state index contributed by atoms with van der Waals surface area (Å²) in [4.78, 5) is 7.61. The Balaban J connectivity index is 1.67. The number of morpholine rings is 1. The molecule has 2 aliphatic heterocycles. The van der Waals surface area contributed by atoms with Gasteiger partial charge in [-0.15, -0.1) is 0 Å². The highest BCUT2D eigenvalue weighted by Crippen LogP contribution is 2.18. The summed E-state index contributed by atoms with van der Waals surface area (Å²) in [7, 11) is 2.20. The number of hydrogen-bond donors (Lipinski definition) is 1. The van der Waals surface area contributed by atoms with Gasteiger partial charge in [-0.05, 0) is 46.3 Å². The van der Waals surface area contributed by atoms with Gasteiger partial charge in [0.2, 0.25) is 0 Å². The minimum Gasteiger partial charge on any atom is -0.396 e. The van der Waals surface area contributed by atoms with Gasteiger partial charge in [-0.3, -0.25) is 9.80 Å². The van der Waals surface area contributed by atoms with E-state index in [0.717, 1.165) is 39.3 Å². The SMILES string of the molecule is CC(CN1CCOCC1)N1CCC(N(C)CCCO)CC1. The molecule has 21 heavy (non-hydrogen) atoms. The fourth-order valence-corrected chi connectivity index (χ4v) is 3.54. The van der Waals surface area contributed by atoms with E-state index in [0.29, 0.717) is 18.7 Å². The summed E-state index contributed by atoms with van der Waals surface area (Å²) >= 11 is 0. The lowest BCUT2D eigenvalue weighted by atomic mass is 10.0. The van der Waals surface area contributed by atoms with Gasteiger partial charge in [-0.2, -0.15) is 0 Å². The van der Waals surface area contributed by atoms with Gasteiger partial charge in [0.05, 0.1) is 13.2 Å². The lowest BCUT2D eigenvalue weighted by molar-refractivity contribution is 0.0183. The van der Waals surface area contributed by atoms with E-state index in [9.17, 15) is 0 Å². The zero-order valence-electron chi connectivity index (χ0n) is 13.8. The molecule has 0 amide bonds.